The van der Waals surface area contributed by atoms with Crippen LogP contribution in [0.3, 0.4) is 0 Å². The van der Waals surface area contributed by atoms with Crippen molar-refractivity contribution in [2.24, 2.45) is 0 Å². The molecule has 0 bridgehead atoms. The quantitative estimate of drug-likeness (QED) is 0.659. The summed E-state index contributed by atoms with van der Waals surface area (Å²) in [6.07, 6.45) is 1.84. The van der Waals surface area contributed by atoms with Gasteiger partial charge in [-0.25, -0.2) is 4.98 Å². The zero-order chi connectivity index (χ0) is 10.6. The fourth-order valence-electron chi connectivity index (χ4n) is 0.907. The lowest BCUT2D eigenvalue weighted by molar-refractivity contribution is -0.134. The first-order chi connectivity index (χ1) is 6.59. The number of halogens is 1. The highest BCUT2D eigenvalue weighted by atomic mass is 35.5. The van der Waals surface area contributed by atoms with Crippen molar-refractivity contribution in [1.29, 1.82) is 0 Å². The lowest BCUT2D eigenvalue weighted by Crippen LogP contribution is -1.78. The lowest BCUT2D eigenvalue weighted by atomic mass is 10.3. The van der Waals surface area contributed by atoms with Crippen molar-refractivity contribution in [3.05, 3.63) is 29.5 Å². The Morgan fingerprint density at radius 1 is 1.50 bits per heavy atom. The Bertz CT molecular complexity index is 435. The monoisotopic (exact) mass is 212 g/mol. The number of H-pyrrole nitrogens is 1. The van der Waals surface area contributed by atoms with Crippen LogP contribution >= 0.6 is 11.6 Å². The molecule has 0 saturated heterocycles. The first-order valence-corrected chi connectivity index (χ1v) is 4.26. The van der Waals surface area contributed by atoms with E-state index >= 15 is 0 Å². The van der Waals surface area contributed by atoms with E-state index in [1.54, 1.807) is 6.07 Å². The molecular formula is C9H9ClN2O2. The summed E-state index contributed by atoms with van der Waals surface area (Å²) in [6.45, 7) is 1.08. The van der Waals surface area contributed by atoms with Gasteiger partial charge in [0.1, 0.15) is 10.8 Å². The number of aliphatic carboxylic acids is 1. The van der Waals surface area contributed by atoms with Crippen molar-refractivity contribution in [1.82, 2.24) is 9.97 Å². The second-order valence-corrected chi connectivity index (χ2v) is 2.96. The van der Waals surface area contributed by atoms with Crippen LogP contribution in [0.2, 0.25) is 5.15 Å². The highest BCUT2D eigenvalue weighted by Crippen LogP contribution is 2.12. The molecule has 5 heteroatoms. The van der Waals surface area contributed by atoms with Gasteiger partial charge >= 0.3 is 0 Å². The van der Waals surface area contributed by atoms with Crippen LogP contribution in [0.5, 0.6) is 0 Å². The average molecular weight is 213 g/mol. The van der Waals surface area contributed by atoms with E-state index in [1.165, 1.54) is 0 Å². The van der Waals surface area contributed by atoms with Crippen LogP contribution < -0.4 is 0 Å². The molecule has 2 rings (SSSR count). The molecule has 0 fully saturated rings. The van der Waals surface area contributed by atoms with E-state index in [0.29, 0.717) is 5.15 Å². The Morgan fingerprint density at radius 3 is 2.79 bits per heavy atom. The van der Waals surface area contributed by atoms with Crippen molar-refractivity contribution < 1.29 is 9.90 Å². The summed E-state index contributed by atoms with van der Waals surface area (Å²) in [7, 11) is 0. The Balaban J connectivity index is 0.000000213. The van der Waals surface area contributed by atoms with Gasteiger partial charge in [-0.3, -0.25) is 4.79 Å². The van der Waals surface area contributed by atoms with Crippen LogP contribution in [-0.2, 0) is 4.79 Å². The molecule has 2 aromatic heterocycles. The third kappa shape index (κ3) is 3.06. The zero-order valence-electron chi connectivity index (χ0n) is 7.49. The molecule has 0 aliphatic rings. The maximum atomic E-state index is 9.00. The van der Waals surface area contributed by atoms with Crippen molar-refractivity contribution in [2.75, 3.05) is 0 Å². The Hall–Kier alpha value is -1.55. The number of aromatic nitrogens is 2. The van der Waals surface area contributed by atoms with Crippen LogP contribution in [0.25, 0.3) is 11.0 Å². The maximum absolute atomic E-state index is 9.00. The summed E-state index contributed by atoms with van der Waals surface area (Å²) in [6, 6.07) is 5.66. The Morgan fingerprint density at radius 2 is 2.14 bits per heavy atom. The van der Waals surface area contributed by atoms with Gasteiger partial charge < -0.3 is 10.1 Å². The summed E-state index contributed by atoms with van der Waals surface area (Å²) in [5, 5.41) is 9.03. The molecule has 0 atom stereocenters. The number of carbonyl (C=O) groups is 1. The van der Waals surface area contributed by atoms with Crippen molar-refractivity contribution in [3.8, 4) is 0 Å². The predicted octanol–water partition coefficient (Wildman–Crippen LogP) is 2.31. The second-order valence-electron chi connectivity index (χ2n) is 2.57. The van der Waals surface area contributed by atoms with Crippen LogP contribution in [0.1, 0.15) is 6.92 Å². The number of nitrogens with zero attached hydrogens (tertiary/aromatic N) is 1. The SMILES string of the molecule is CC(=O)O.Clc1ccc2cc[nH]c2n1. The molecule has 0 radical (unpaired) electrons. The number of nitrogens with one attached hydrogen (secondary N) is 1. The van der Waals surface area contributed by atoms with Crippen LogP contribution in [0, 0.1) is 0 Å². The normalized spacial score (nSPS) is 9.29. The van der Waals surface area contributed by atoms with E-state index in [2.05, 4.69) is 9.97 Å². The van der Waals surface area contributed by atoms with Gasteiger partial charge in [0.2, 0.25) is 0 Å². The fourth-order valence-corrected chi connectivity index (χ4v) is 1.05. The highest BCUT2D eigenvalue weighted by molar-refractivity contribution is 6.29. The van der Waals surface area contributed by atoms with E-state index in [-0.39, 0.29) is 0 Å². The Labute approximate surface area is 85.5 Å². The molecule has 74 valence electrons. The molecule has 0 spiro atoms. The molecule has 0 aliphatic heterocycles. The number of fused-ring (bicyclic) bond motifs is 1. The zero-order valence-corrected chi connectivity index (χ0v) is 8.25. The largest absolute Gasteiger partial charge is 0.481 e. The number of hydrogen-bond acceptors (Lipinski definition) is 2. The summed E-state index contributed by atoms with van der Waals surface area (Å²) in [5.74, 6) is -0.833. The van der Waals surface area contributed by atoms with Gasteiger partial charge in [0, 0.05) is 18.5 Å². The number of carboxylic acids is 1. The smallest absolute Gasteiger partial charge is 0.300 e. The van der Waals surface area contributed by atoms with Gasteiger partial charge in [0.25, 0.3) is 5.97 Å². The standard InChI is InChI=1S/C7H5ClN2.C2H4O2/c8-6-2-1-5-3-4-9-7(5)10-6;1-2(3)4/h1-4H,(H,9,10);1H3,(H,3,4). The number of pyridine rings is 1. The number of aromatic amines is 1. The molecule has 14 heavy (non-hydrogen) atoms. The predicted molar refractivity (Wildman–Crippen MR) is 54.4 cm³/mol. The van der Waals surface area contributed by atoms with Crippen LogP contribution in [0.15, 0.2) is 24.4 Å². The third-order valence-electron chi connectivity index (χ3n) is 1.38. The van der Waals surface area contributed by atoms with Gasteiger partial charge in [0.15, 0.2) is 0 Å². The molecule has 4 nitrogen and oxygen atoms in total. The molecule has 2 heterocycles. The minimum absolute atomic E-state index is 0.523. The first kappa shape index (κ1) is 10.5. The summed E-state index contributed by atoms with van der Waals surface area (Å²) >= 11 is 5.64. The van der Waals surface area contributed by atoms with Gasteiger partial charge in [-0.15, -0.1) is 0 Å². The fraction of sp³-hybridized carbons (Fsp3) is 0.111. The topological polar surface area (TPSA) is 66.0 Å². The molecule has 2 N–H and O–H groups in total. The lowest BCUT2D eigenvalue weighted by Gasteiger charge is -1.87. The van der Waals surface area contributed by atoms with Crippen molar-refractivity contribution in [2.45, 2.75) is 6.92 Å². The second kappa shape index (κ2) is 4.62. The minimum atomic E-state index is -0.833. The molecule has 2 aromatic rings. The van der Waals surface area contributed by atoms with Crippen LogP contribution in [-0.4, -0.2) is 21.0 Å². The third-order valence-corrected chi connectivity index (χ3v) is 1.59. The highest BCUT2D eigenvalue weighted by Gasteiger charge is 1.93. The minimum Gasteiger partial charge on any atom is -0.481 e. The van der Waals surface area contributed by atoms with Gasteiger partial charge in [-0.2, -0.15) is 0 Å². The summed E-state index contributed by atoms with van der Waals surface area (Å²) < 4.78 is 0. The van der Waals surface area contributed by atoms with E-state index < -0.39 is 5.97 Å². The van der Waals surface area contributed by atoms with Gasteiger partial charge in [-0.1, -0.05) is 11.6 Å². The van der Waals surface area contributed by atoms with E-state index in [9.17, 15) is 0 Å². The number of rotatable bonds is 0. The van der Waals surface area contributed by atoms with Crippen molar-refractivity contribution in [3.63, 3.8) is 0 Å². The molecule has 0 saturated carbocycles. The van der Waals surface area contributed by atoms with Crippen LogP contribution in [0.4, 0.5) is 0 Å². The van der Waals surface area contributed by atoms with E-state index in [4.69, 9.17) is 21.5 Å². The van der Waals surface area contributed by atoms with Crippen molar-refractivity contribution >= 4 is 28.6 Å². The molecule has 0 aliphatic carbocycles. The molecule has 0 unspecified atom stereocenters. The number of hydrogen-bond donors (Lipinski definition) is 2. The van der Waals surface area contributed by atoms with E-state index in [0.717, 1.165) is 18.0 Å². The number of carboxylic acid groups (broad SMARTS) is 1. The van der Waals surface area contributed by atoms with Gasteiger partial charge in [-0.05, 0) is 18.2 Å². The first-order valence-electron chi connectivity index (χ1n) is 3.89. The van der Waals surface area contributed by atoms with E-state index in [1.807, 2.05) is 18.3 Å². The molecule has 0 amide bonds. The summed E-state index contributed by atoms with van der Waals surface area (Å²) in [4.78, 5) is 16.0. The average Bonchev–Trinajstić information content (AvgIpc) is 2.49. The Kier molecular flexibility index (Phi) is 3.48. The molecular weight excluding hydrogens is 204 g/mol. The summed E-state index contributed by atoms with van der Waals surface area (Å²) in [5.41, 5.74) is 0.840. The maximum Gasteiger partial charge on any atom is 0.300 e. The molecule has 0 aromatic carbocycles. The van der Waals surface area contributed by atoms with Gasteiger partial charge in [0.05, 0.1) is 0 Å².